The Morgan fingerprint density at radius 1 is 1.12 bits per heavy atom. The molecule has 0 bridgehead atoms. The zero-order chi connectivity index (χ0) is 12.3. The highest BCUT2D eigenvalue weighted by Crippen LogP contribution is 2.29. The van der Waals surface area contributed by atoms with Gasteiger partial charge in [-0.3, -0.25) is 0 Å². The molecular weight excluding hydrogens is 232 g/mol. The maximum absolute atomic E-state index is 6.04. The molecule has 2 N–H and O–H groups in total. The molecule has 0 saturated carbocycles. The predicted octanol–water partition coefficient (Wildman–Crippen LogP) is 3.57. The van der Waals surface area contributed by atoms with Crippen molar-refractivity contribution < 1.29 is 0 Å². The van der Waals surface area contributed by atoms with Gasteiger partial charge in [-0.05, 0) is 29.8 Å². The molecule has 17 heavy (non-hydrogen) atoms. The smallest absolute Gasteiger partial charge is 0.0468 e. The van der Waals surface area contributed by atoms with E-state index in [1.165, 1.54) is 0 Å². The molecular formula is C14H15ClN2. The molecule has 2 aromatic carbocycles. The number of anilines is 2. The summed E-state index contributed by atoms with van der Waals surface area (Å²) < 4.78 is 0. The van der Waals surface area contributed by atoms with Gasteiger partial charge in [0.25, 0.3) is 0 Å². The van der Waals surface area contributed by atoms with Gasteiger partial charge in [0.2, 0.25) is 0 Å². The molecule has 88 valence electrons. The lowest BCUT2D eigenvalue weighted by molar-refractivity contribution is 1.05. The Morgan fingerprint density at radius 3 is 2.47 bits per heavy atom. The van der Waals surface area contributed by atoms with E-state index in [1.54, 1.807) is 0 Å². The van der Waals surface area contributed by atoms with E-state index in [-0.39, 0.29) is 0 Å². The van der Waals surface area contributed by atoms with Gasteiger partial charge in [0.1, 0.15) is 0 Å². The number of hydrogen-bond acceptors (Lipinski definition) is 2. The van der Waals surface area contributed by atoms with Crippen LogP contribution in [0, 0.1) is 0 Å². The quantitative estimate of drug-likeness (QED) is 0.897. The van der Waals surface area contributed by atoms with Gasteiger partial charge in [-0.2, -0.15) is 0 Å². The third-order valence-corrected chi connectivity index (χ3v) is 3.01. The average Bonchev–Trinajstić information content (AvgIpc) is 2.39. The summed E-state index contributed by atoms with van der Waals surface area (Å²) in [6.45, 7) is 0.504. The van der Waals surface area contributed by atoms with Crippen molar-refractivity contribution >= 4 is 23.0 Å². The molecule has 0 spiro atoms. The molecule has 3 heteroatoms. The summed E-state index contributed by atoms with van der Waals surface area (Å²) in [5.41, 5.74) is 8.99. The Labute approximate surface area is 107 Å². The van der Waals surface area contributed by atoms with Crippen molar-refractivity contribution in [3.63, 3.8) is 0 Å². The number of halogens is 1. The van der Waals surface area contributed by atoms with Gasteiger partial charge in [-0.15, -0.1) is 0 Å². The first-order valence-electron chi connectivity index (χ1n) is 5.49. The molecule has 0 aliphatic carbocycles. The van der Waals surface area contributed by atoms with E-state index in [0.29, 0.717) is 6.54 Å². The minimum absolute atomic E-state index is 0.504. The largest absolute Gasteiger partial charge is 0.344 e. The summed E-state index contributed by atoms with van der Waals surface area (Å²) in [5.74, 6) is 0. The number of para-hydroxylation sites is 1. The van der Waals surface area contributed by atoms with Crippen molar-refractivity contribution in [2.45, 2.75) is 6.54 Å². The SMILES string of the molecule is CN(c1ccccc1)c1cc(Cl)ccc1CN. The van der Waals surface area contributed by atoms with Crippen LogP contribution in [-0.2, 0) is 6.54 Å². The Bertz CT molecular complexity index is 497. The molecule has 0 unspecified atom stereocenters. The van der Waals surface area contributed by atoms with Crippen molar-refractivity contribution in [1.82, 2.24) is 0 Å². The van der Waals surface area contributed by atoms with Gasteiger partial charge in [-0.1, -0.05) is 35.9 Å². The molecule has 0 amide bonds. The molecule has 0 aromatic heterocycles. The molecule has 0 aliphatic rings. The van der Waals surface area contributed by atoms with Crippen molar-refractivity contribution in [3.05, 3.63) is 59.1 Å². The zero-order valence-electron chi connectivity index (χ0n) is 9.73. The van der Waals surface area contributed by atoms with Crippen LogP contribution >= 0.6 is 11.6 Å². The molecule has 0 saturated heterocycles. The van der Waals surface area contributed by atoms with E-state index in [4.69, 9.17) is 17.3 Å². The van der Waals surface area contributed by atoms with E-state index in [0.717, 1.165) is 22.0 Å². The molecule has 0 aliphatic heterocycles. The lowest BCUT2D eigenvalue weighted by atomic mass is 10.1. The summed E-state index contributed by atoms with van der Waals surface area (Å²) in [6, 6.07) is 15.9. The number of nitrogens with two attached hydrogens (primary N) is 1. The molecule has 0 radical (unpaired) electrons. The molecule has 2 rings (SSSR count). The second kappa shape index (κ2) is 5.21. The van der Waals surface area contributed by atoms with Gasteiger partial charge >= 0.3 is 0 Å². The molecule has 2 nitrogen and oxygen atoms in total. The van der Waals surface area contributed by atoms with Gasteiger partial charge in [0.05, 0.1) is 0 Å². The monoisotopic (exact) mass is 246 g/mol. The van der Waals surface area contributed by atoms with E-state index < -0.39 is 0 Å². The van der Waals surface area contributed by atoms with Crippen LogP contribution in [0.4, 0.5) is 11.4 Å². The topological polar surface area (TPSA) is 29.3 Å². The second-order valence-corrected chi connectivity index (χ2v) is 4.31. The van der Waals surface area contributed by atoms with E-state index in [9.17, 15) is 0 Å². The van der Waals surface area contributed by atoms with Crippen molar-refractivity contribution in [1.29, 1.82) is 0 Å². The molecule has 0 heterocycles. The number of benzene rings is 2. The van der Waals surface area contributed by atoms with E-state index in [2.05, 4.69) is 17.0 Å². The van der Waals surface area contributed by atoms with Crippen LogP contribution in [-0.4, -0.2) is 7.05 Å². The lowest BCUT2D eigenvalue weighted by Crippen LogP contribution is -2.13. The fraction of sp³-hybridized carbons (Fsp3) is 0.143. The minimum Gasteiger partial charge on any atom is -0.344 e. The summed E-state index contributed by atoms with van der Waals surface area (Å²) in [6.07, 6.45) is 0. The van der Waals surface area contributed by atoms with Crippen LogP contribution in [0.5, 0.6) is 0 Å². The molecule has 0 atom stereocenters. The second-order valence-electron chi connectivity index (χ2n) is 3.87. The standard InChI is InChI=1S/C14H15ClN2/c1-17(13-5-3-2-4-6-13)14-9-12(15)8-7-11(14)10-16/h2-9H,10,16H2,1H3. The van der Waals surface area contributed by atoms with Gasteiger partial charge in [0, 0.05) is 30.0 Å². The van der Waals surface area contributed by atoms with Gasteiger partial charge in [-0.25, -0.2) is 0 Å². The van der Waals surface area contributed by atoms with Crippen LogP contribution < -0.4 is 10.6 Å². The summed E-state index contributed by atoms with van der Waals surface area (Å²) >= 11 is 6.04. The van der Waals surface area contributed by atoms with Gasteiger partial charge in [0.15, 0.2) is 0 Å². The Morgan fingerprint density at radius 2 is 1.82 bits per heavy atom. The van der Waals surface area contributed by atoms with Crippen molar-refractivity contribution in [2.24, 2.45) is 5.73 Å². The van der Waals surface area contributed by atoms with Crippen LogP contribution in [0.2, 0.25) is 5.02 Å². The van der Waals surface area contributed by atoms with E-state index >= 15 is 0 Å². The van der Waals surface area contributed by atoms with Crippen molar-refractivity contribution in [2.75, 3.05) is 11.9 Å². The zero-order valence-corrected chi connectivity index (χ0v) is 10.5. The van der Waals surface area contributed by atoms with E-state index in [1.807, 2.05) is 43.4 Å². The molecule has 2 aromatic rings. The van der Waals surface area contributed by atoms with Crippen LogP contribution in [0.15, 0.2) is 48.5 Å². The molecule has 0 fully saturated rings. The van der Waals surface area contributed by atoms with Crippen LogP contribution in [0.1, 0.15) is 5.56 Å². The average molecular weight is 247 g/mol. The van der Waals surface area contributed by atoms with Gasteiger partial charge < -0.3 is 10.6 Å². The summed E-state index contributed by atoms with van der Waals surface area (Å²) in [7, 11) is 2.01. The Balaban J connectivity index is 2.43. The Hall–Kier alpha value is -1.51. The Kier molecular flexibility index (Phi) is 3.67. The fourth-order valence-corrected chi connectivity index (χ4v) is 1.98. The normalized spacial score (nSPS) is 10.3. The van der Waals surface area contributed by atoms with Crippen molar-refractivity contribution in [3.8, 4) is 0 Å². The highest BCUT2D eigenvalue weighted by molar-refractivity contribution is 6.30. The maximum Gasteiger partial charge on any atom is 0.0468 e. The maximum atomic E-state index is 6.04. The number of hydrogen-bond donors (Lipinski definition) is 1. The summed E-state index contributed by atoms with van der Waals surface area (Å²) in [4.78, 5) is 2.09. The third kappa shape index (κ3) is 2.60. The highest BCUT2D eigenvalue weighted by Gasteiger charge is 2.08. The lowest BCUT2D eigenvalue weighted by Gasteiger charge is -2.22. The van der Waals surface area contributed by atoms with Crippen LogP contribution in [0.3, 0.4) is 0 Å². The third-order valence-electron chi connectivity index (χ3n) is 2.77. The number of nitrogens with zero attached hydrogens (tertiary/aromatic N) is 1. The fourth-order valence-electron chi connectivity index (χ4n) is 1.81. The van der Waals surface area contributed by atoms with Crippen LogP contribution in [0.25, 0.3) is 0 Å². The first-order chi connectivity index (χ1) is 8.22. The minimum atomic E-state index is 0.504. The highest BCUT2D eigenvalue weighted by atomic mass is 35.5. The summed E-state index contributed by atoms with van der Waals surface area (Å²) in [5, 5.41) is 0.722. The first kappa shape index (κ1) is 12.0. The first-order valence-corrected chi connectivity index (χ1v) is 5.87. The predicted molar refractivity (Wildman–Crippen MR) is 73.8 cm³/mol. The number of rotatable bonds is 3.